The van der Waals surface area contributed by atoms with Crippen molar-refractivity contribution in [2.45, 2.75) is 26.3 Å². The molecule has 18 heavy (non-hydrogen) atoms. The van der Waals surface area contributed by atoms with E-state index in [2.05, 4.69) is 29.0 Å². The third kappa shape index (κ3) is 5.14. The van der Waals surface area contributed by atoms with Gasteiger partial charge in [0.15, 0.2) is 0 Å². The van der Waals surface area contributed by atoms with E-state index < -0.39 is 0 Å². The lowest BCUT2D eigenvalue weighted by Crippen LogP contribution is -2.36. The molecule has 0 aromatic carbocycles. The van der Waals surface area contributed by atoms with Crippen molar-refractivity contribution in [2.75, 3.05) is 25.9 Å². The topological polar surface area (TPSA) is 71.2 Å². The van der Waals surface area contributed by atoms with Crippen molar-refractivity contribution >= 4 is 11.6 Å². The maximum atomic E-state index is 11.6. The summed E-state index contributed by atoms with van der Waals surface area (Å²) in [6.45, 7) is 5.75. The summed E-state index contributed by atoms with van der Waals surface area (Å²) in [7, 11) is 2.04. The molecule has 1 aromatic heterocycles. The van der Waals surface area contributed by atoms with E-state index in [0.29, 0.717) is 24.7 Å². The van der Waals surface area contributed by atoms with Gasteiger partial charge in [-0.1, -0.05) is 0 Å². The highest BCUT2D eigenvalue weighted by Crippen LogP contribution is 2.01. The van der Waals surface area contributed by atoms with Crippen LogP contribution in [-0.2, 0) is 11.2 Å². The monoisotopic (exact) mass is 250 g/mol. The van der Waals surface area contributed by atoms with Gasteiger partial charge in [-0.2, -0.15) is 0 Å². The number of nitrogens with one attached hydrogen (secondary N) is 1. The first-order valence-corrected chi connectivity index (χ1v) is 6.16. The van der Waals surface area contributed by atoms with Gasteiger partial charge in [0.05, 0.1) is 18.3 Å². The van der Waals surface area contributed by atoms with Crippen molar-refractivity contribution in [3.63, 3.8) is 0 Å². The molecule has 1 heterocycles. The van der Waals surface area contributed by atoms with Crippen LogP contribution in [0.25, 0.3) is 0 Å². The number of hydrogen-bond donors (Lipinski definition) is 2. The van der Waals surface area contributed by atoms with E-state index in [1.165, 1.54) is 0 Å². The molecule has 100 valence electrons. The first-order chi connectivity index (χ1) is 8.49. The molecule has 1 amide bonds. The fourth-order valence-electron chi connectivity index (χ4n) is 1.40. The van der Waals surface area contributed by atoms with Crippen LogP contribution in [-0.4, -0.2) is 42.0 Å². The Morgan fingerprint density at radius 2 is 2.22 bits per heavy atom. The Kier molecular flexibility index (Phi) is 5.58. The van der Waals surface area contributed by atoms with Gasteiger partial charge >= 0.3 is 0 Å². The quantitative estimate of drug-likeness (QED) is 0.778. The number of pyridine rings is 1. The molecule has 0 radical (unpaired) electrons. The molecule has 1 aromatic rings. The first kappa shape index (κ1) is 14.4. The molecule has 0 aliphatic carbocycles. The highest BCUT2D eigenvalue weighted by molar-refractivity contribution is 5.78. The van der Waals surface area contributed by atoms with Gasteiger partial charge in [0.1, 0.15) is 0 Å². The lowest BCUT2D eigenvalue weighted by molar-refractivity contribution is -0.120. The number of amides is 1. The van der Waals surface area contributed by atoms with Gasteiger partial charge in [-0.25, -0.2) is 0 Å². The minimum absolute atomic E-state index is 0.00979. The van der Waals surface area contributed by atoms with Crippen molar-refractivity contribution in [3.8, 4) is 0 Å². The number of anilines is 1. The summed E-state index contributed by atoms with van der Waals surface area (Å²) < 4.78 is 0. The summed E-state index contributed by atoms with van der Waals surface area (Å²) in [4.78, 5) is 17.9. The highest BCUT2D eigenvalue weighted by atomic mass is 16.1. The summed E-state index contributed by atoms with van der Waals surface area (Å²) in [5.74, 6) is -0.00979. The minimum atomic E-state index is -0.00979. The van der Waals surface area contributed by atoms with E-state index >= 15 is 0 Å². The lowest BCUT2D eigenvalue weighted by atomic mass is 10.2. The second kappa shape index (κ2) is 6.96. The summed E-state index contributed by atoms with van der Waals surface area (Å²) in [5, 5.41) is 2.88. The van der Waals surface area contributed by atoms with E-state index in [4.69, 9.17) is 5.73 Å². The average molecular weight is 250 g/mol. The Morgan fingerprint density at radius 1 is 1.50 bits per heavy atom. The summed E-state index contributed by atoms with van der Waals surface area (Å²) in [6.07, 6.45) is 1.86. The standard InChI is InChI=1S/C13H22N4O/c1-10(2)17(3)7-6-15-13(18)8-12-5-4-11(14)9-16-12/h4-5,9-10H,6-8,14H2,1-3H3,(H,15,18). The minimum Gasteiger partial charge on any atom is -0.397 e. The molecule has 0 aliphatic heterocycles. The van der Waals surface area contributed by atoms with Crippen LogP contribution in [0.3, 0.4) is 0 Å². The molecule has 0 saturated heterocycles. The van der Waals surface area contributed by atoms with Crippen LogP contribution in [0, 0.1) is 0 Å². The van der Waals surface area contributed by atoms with Crippen molar-refractivity contribution in [3.05, 3.63) is 24.0 Å². The second-order valence-corrected chi connectivity index (χ2v) is 4.68. The molecular weight excluding hydrogens is 228 g/mol. The molecule has 0 atom stereocenters. The maximum Gasteiger partial charge on any atom is 0.226 e. The lowest BCUT2D eigenvalue weighted by Gasteiger charge is -2.20. The molecule has 0 aliphatic rings. The molecule has 5 nitrogen and oxygen atoms in total. The first-order valence-electron chi connectivity index (χ1n) is 6.16. The van der Waals surface area contributed by atoms with Crippen molar-refractivity contribution in [1.29, 1.82) is 0 Å². The van der Waals surface area contributed by atoms with Crippen LogP contribution < -0.4 is 11.1 Å². The Bertz CT molecular complexity index is 375. The number of nitrogens with zero attached hydrogens (tertiary/aromatic N) is 2. The summed E-state index contributed by atoms with van der Waals surface area (Å²) in [6, 6.07) is 4.01. The van der Waals surface area contributed by atoms with E-state index in [0.717, 1.165) is 12.2 Å². The van der Waals surface area contributed by atoms with Crippen molar-refractivity contribution < 1.29 is 4.79 Å². The SMILES string of the molecule is CC(C)N(C)CCNC(=O)Cc1ccc(N)cn1. The molecule has 3 N–H and O–H groups in total. The average Bonchev–Trinajstić information content (AvgIpc) is 2.32. The number of rotatable bonds is 6. The van der Waals surface area contributed by atoms with Crippen LogP contribution in [0.15, 0.2) is 18.3 Å². The second-order valence-electron chi connectivity index (χ2n) is 4.68. The van der Waals surface area contributed by atoms with Gasteiger partial charge < -0.3 is 16.0 Å². The van der Waals surface area contributed by atoms with Gasteiger partial charge in [-0.15, -0.1) is 0 Å². The fraction of sp³-hybridized carbons (Fsp3) is 0.538. The Labute approximate surface area is 108 Å². The molecule has 0 fully saturated rings. The number of carbonyl (C=O) groups excluding carboxylic acids is 1. The number of nitrogens with two attached hydrogens (primary N) is 1. The highest BCUT2D eigenvalue weighted by Gasteiger charge is 2.06. The van der Waals surface area contributed by atoms with Crippen LogP contribution in [0.1, 0.15) is 19.5 Å². The molecule has 1 rings (SSSR count). The largest absolute Gasteiger partial charge is 0.397 e. The smallest absolute Gasteiger partial charge is 0.226 e. The van der Waals surface area contributed by atoms with Crippen molar-refractivity contribution in [1.82, 2.24) is 15.2 Å². The number of hydrogen-bond acceptors (Lipinski definition) is 4. The number of likely N-dealkylation sites (N-methyl/N-ethyl adjacent to an activating group) is 1. The van der Waals surface area contributed by atoms with E-state index in [9.17, 15) is 4.79 Å². The summed E-state index contributed by atoms with van der Waals surface area (Å²) >= 11 is 0. The Balaban J connectivity index is 2.27. The van der Waals surface area contributed by atoms with Crippen molar-refractivity contribution in [2.24, 2.45) is 0 Å². The molecule has 0 saturated carbocycles. The third-order valence-corrected chi connectivity index (χ3v) is 2.86. The Morgan fingerprint density at radius 3 is 2.78 bits per heavy atom. The predicted molar refractivity (Wildman–Crippen MR) is 73.1 cm³/mol. The van der Waals surface area contributed by atoms with Gasteiger partial charge in [0.2, 0.25) is 5.91 Å². The predicted octanol–water partition coefficient (Wildman–Crippen LogP) is 0.663. The maximum absolute atomic E-state index is 11.6. The fourth-order valence-corrected chi connectivity index (χ4v) is 1.40. The molecule has 5 heteroatoms. The van der Waals surface area contributed by atoms with Gasteiger partial charge in [-0.05, 0) is 33.0 Å². The van der Waals surface area contributed by atoms with Gasteiger partial charge in [-0.3, -0.25) is 9.78 Å². The number of carbonyl (C=O) groups is 1. The van der Waals surface area contributed by atoms with E-state index in [-0.39, 0.29) is 5.91 Å². The van der Waals surface area contributed by atoms with Crippen LogP contribution in [0.4, 0.5) is 5.69 Å². The summed E-state index contributed by atoms with van der Waals surface area (Å²) in [5.41, 5.74) is 6.87. The van der Waals surface area contributed by atoms with Crippen LogP contribution in [0.5, 0.6) is 0 Å². The Hall–Kier alpha value is -1.62. The number of aromatic nitrogens is 1. The molecular formula is C13H22N4O. The van der Waals surface area contributed by atoms with Gasteiger partial charge in [0.25, 0.3) is 0 Å². The number of nitrogen functional groups attached to an aromatic ring is 1. The van der Waals surface area contributed by atoms with E-state index in [1.54, 1.807) is 18.3 Å². The normalized spacial score (nSPS) is 10.9. The zero-order valence-electron chi connectivity index (χ0n) is 11.3. The van der Waals surface area contributed by atoms with Crippen LogP contribution >= 0.6 is 0 Å². The molecule has 0 bridgehead atoms. The molecule has 0 unspecified atom stereocenters. The zero-order valence-corrected chi connectivity index (χ0v) is 11.3. The third-order valence-electron chi connectivity index (χ3n) is 2.86. The molecule has 0 spiro atoms. The van der Waals surface area contributed by atoms with E-state index in [1.807, 2.05) is 7.05 Å². The zero-order chi connectivity index (χ0) is 13.5. The van der Waals surface area contributed by atoms with Gasteiger partial charge in [0, 0.05) is 24.8 Å². The van der Waals surface area contributed by atoms with Crippen LogP contribution in [0.2, 0.25) is 0 Å².